The quantitative estimate of drug-likeness (QED) is 0.562. The highest BCUT2D eigenvalue weighted by atomic mass is 35.5. The van der Waals surface area contributed by atoms with Crippen LogP contribution in [0.3, 0.4) is 0 Å². The van der Waals surface area contributed by atoms with Gasteiger partial charge in [0.15, 0.2) is 0 Å². The first-order valence-electron chi connectivity index (χ1n) is 7.72. The second-order valence-corrected chi connectivity index (χ2v) is 6.92. The van der Waals surface area contributed by atoms with E-state index in [1.165, 1.54) is 0 Å². The molecule has 4 aliphatic rings. The molecule has 2 amide bonds. The van der Waals surface area contributed by atoms with Crippen molar-refractivity contribution in [1.29, 1.82) is 0 Å². The van der Waals surface area contributed by atoms with E-state index in [0.29, 0.717) is 0 Å². The fourth-order valence-corrected chi connectivity index (χ4v) is 4.37. The first-order valence-corrected chi connectivity index (χ1v) is 8.09. The summed E-state index contributed by atoms with van der Waals surface area (Å²) in [7, 11) is 0. The summed E-state index contributed by atoms with van der Waals surface area (Å²) in [4.78, 5) is 26.4. The van der Waals surface area contributed by atoms with Crippen molar-refractivity contribution in [2.24, 2.45) is 23.7 Å². The van der Waals surface area contributed by atoms with E-state index in [4.69, 9.17) is 11.6 Å². The minimum Gasteiger partial charge on any atom is -0.274 e. The molecular weight excluding hydrogens is 343 g/mol. The predicted molar refractivity (Wildman–Crippen MR) is 81.3 cm³/mol. The molecule has 24 heavy (non-hydrogen) atoms. The normalized spacial score (nSPS) is 31.8. The van der Waals surface area contributed by atoms with Crippen molar-refractivity contribution < 1.29 is 22.8 Å². The van der Waals surface area contributed by atoms with E-state index in [9.17, 15) is 22.8 Å². The van der Waals surface area contributed by atoms with Gasteiger partial charge in [-0.15, -0.1) is 0 Å². The van der Waals surface area contributed by atoms with Gasteiger partial charge >= 0.3 is 6.18 Å². The molecule has 1 saturated carbocycles. The van der Waals surface area contributed by atoms with Crippen molar-refractivity contribution in [3.63, 3.8) is 0 Å². The Morgan fingerprint density at radius 1 is 1.00 bits per heavy atom. The number of halogens is 4. The van der Waals surface area contributed by atoms with Gasteiger partial charge in [-0.05, 0) is 42.9 Å². The lowest BCUT2D eigenvalue weighted by molar-refractivity contribution is -0.137. The number of hydrogen-bond donors (Lipinski definition) is 0. The second kappa shape index (κ2) is 5.09. The third kappa shape index (κ3) is 2.12. The van der Waals surface area contributed by atoms with Gasteiger partial charge in [-0.1, -0.05) is 23.8 Å². The molecule has 4 unspecified atom stereocenters. The lowest BCUT2D eigenvalue weighted by atomic mass is 9.63. The molecule has 126 valence electrons. The summed E-state index contributed by atoms with van der Waals surface area (Å²) in [6.45, 7) is 0. The summed E-state index contributed by atoms with van der Waals surface area (Å²) in [5, 5.41) is -0.0383. The average Bonchev–Trinajstić information content (AvgIpc) is 2.82. The first kappa shape index (κ1) is 15.7. The van der Waals surface area contributed by atoms with Crippen LogP contribution in [0.15, 0.2) is 30.4 Å². The number of hydrogen-bond acceptors (Lipinski definition) is 2. The highest BCUT2D eigenvalue weighted by Gasteiger charge is 2.57. The summed E-state index contributed by atoms with van der Waals surface area (Å²) < 4.78 is 38.9. The number of imide groups is 1. The van der Waals surface area contributed by atoms with Crippen molar-refractivity contribution in [3.05, 3.63) is 40.9 Å². The van der Waals surface area contributed by atoms with E-state index in [1.54, 1.807) is 0 Å². The third-order valence-corrected chi connectivity index (χ3v) is 5.59. The molecule has 1 aromatic carbocycles. The Balaban J connectivity index is 1.78. The average molecular weight is 356 g/mol. The highest BCUT2D eigenvalue weighted by molar-refractivity contribution is 6.36. The molecule has 0 aromatic heterocycles. The number of fused-ring (bicyclic) bond motifs is 1. The van der Waals surface area contributed by atoms with Crippen molar-refractivity contribution in [2.75, 3.05) is 4.90 Å². The van der Waals surface area contributed by atoms with Crippen LogP contribution in [0, 0.1) is 23.7 Å². The van der Waals surface area contributed by atoms with Crippen LogP contribution in [0.25, 0.3) is 0 Å². The van der Waals surface area contributed by atoms with E-state index < -0.39 is 35.4 Å². The predicted octanol–water partition coefficient (Wildman–Crippen LogP) is 4.06. The van der Waals surface area contributed by atoms with Crippen molar-refractivity contribution >= 4 is 29.1 Å². The van der Waals surface area contributed by atoms with E-state index in [-0.39, 0.29) is 22.5 Å². The molecule has 1 aromatic rings. The molecule has 0 N–H and O–H groups in total. The minimum absolute atomic E-state index is 0.0222. The van der Waals surface area contributed by atoms with Gasteiger partial charge in [-0.2, -0.15) is 13.2 Å². The molecule has 0 spiro atoms. The van der Waals surface area contributed by atoms with Crippen molar-refractivity contribution in [2.45, 2.75) is 19.0 Å². The molecule has 5 rings (SSSR count). The maximum Gasteiger partial charge on any atom is 0.416 e. The Labute approximate surface area is 141 Å². The number of alkyl halides is 3. The second-order valence-electron chi connectivity index (χ2n) is 6.52. The standard InChI is InChI=1S/C17H13ClF3NO2/c18-11-6-5-10(17(19,20)21)7-12(11)22-15(23)13-8-1-2-9(4-3-8)14(13)16(22)24/h1-2,5-9,13-14H,3-4H2. The van der Waals surface area contributed by atoms with Crippen LogP contribution in [0.5, 0.6) is 0 Å². The third-order valence-electron chi connectivity index (χ3n) is 5.27. The SMILES string of the molecule is O=C1C2C3C=CC(CC3)C2C(=O)N1c1cc(C(F)(F)F)ccc1Cl. The minimum atomic E-state index is -4.57. The molecule has 1 saturated heterocycles. The molecule has 1 heterocycles. The van der Waals surface area contributed by atoms with Gasteiger partial charge < -0.3 is 0 Å². The Kier molecular flexibility index (Phi) is 3.33. The van der Waals surface area contributed by atoms with Gasteiger partial charge in [0.05, 0.1) is 28.1 Å². The largest absolute Gasteiger partial charge is 0.416 e. The number of carbonyl (C=O) groups is 2. The van der Waals surface area contributed by atoms with E-state index >= 15 is 0 Å². The van der Waals surface area contributed by atoms with E-state index in [0.717, 1.165) is 35.9 Å². The van der Waals surface area contributed by atoms with Crippen molar-refractivity contribution in [1.82, 2.24) is 0 Å². The summed E-state index contributed by atoms with van der Waals surface area (Å²) >= 11 is 6.01. The molecule has 2 fully saturated rings. The topological polar surface area (TPSA) is 37.4 Å². The molecule has 3 nitrogen and oxygen atoms in total. The zero-order valence-corrected chi connectivity index (χ0v) is 13.1. The fraction of sp³-hybridized carbons (Fsp3) is 0.412. The summed E-state index contributed by atoms with van der Waals surface area (Å²) in [5.74, 6) is -1.88. The number of allylic oxidation sites excluding steroid dienone is 2. The van der Waals surface area contributed by atoms with Gasteiger partial charge in [0, 0.05) is 0 Å². The smallest absolute Gasteiger partial charge is 0.274 e. The van der Waals surface area contributed by atoms with Crippen LogP contribution < -0.4 is 4.90 Å². The number of amides is 2. The maximum absolute atomic E-state index is 13.0. The fourth-order valence-electron chi connectivity index (χ4n) is 4.17. The molecule has 7 heteroatoms. The summed E-state index contributed by atoms with van der Waals surface area (Å²) in [6.07, 6.45) is 0.991. The molecule has 2 bridgehead atoms. The number of benzene rings is 1. The number of anilines is 1. The van der Waals surface area contributed by atoms with Gasteiger partial charge in [0.2, 0.25) is 11.8 Å². The Bertz CT molecular complexity index is 742. The zero-order chi connectivity index (χ0) is 17.2. The first-order chi connectivity index (χ1) is 11.3. The van der Waals surface area contributed by atoms with Crippen LogP contribution in [0.4, 0.5) is 18.9 Å². The summed E-state index contributed by atoms with van der Waals surface area (Å²) in [5.41, 5.74) is -1.10. The van der Waals surface area contributed by atoms with Crippen LogP contribution >= 0.6 is 11.6 Å². The van der Waals surface area contributed by atoms with E-state index in [1.807, 2.05) is 12.2 Å². The van der Waals surface area contributed by atoms with Crippen LogP contribution in [0.2, 0.25) is 5.02 Å². The Morgan fingerprint density at radius 3 is 2.00 bits per heavy atom. The molecular formula is C17H13ClF3NO2. The maximum atomic E-state index is 13.0. The van der Waals surface area contributed by atoms with Gasteiger partial charge in [0.25, 0.3) is 0 Å². The van der Waals surface area contributed by atoms with Gasteiger partial charge in [-0.25, -0.2) is 4.90 Å². The molecule has 1 aliphatic heterocycles. The Morgan fingerprint density at radius 2 is 1.54 bits per heavy atom. The number of carbonyl (C=O) groups excluding carboxylic acids is 2. The molecule has 0 radical (unpaired) electrons. The van der Waals surface area contributed by atoms with Gasteiger partial charge in [-0.3, -0.25) is 9.59 Å². The van der Waals surface area contributed by atoms with E-state index in [2.05, 4.69) is 0 Å². The zero-order valence-electron chi connectivity index (χ0n) is 12.4. The van der Waals surface area contributed by atoms with Crippen LogP contribution in [-0.2, 0) is 15.8 Å². The number of nitrogens with zero attached hydrogens (tertiary/aromatic N) is 1. The lowest BCUT2D eigenvalue weighted by Gasteiger charge is -2.38. The van der Waals surface area contributed by atoms with Crippen LogP contribution in [-0.4, -0.2) is 11.8 Å². The lowest BCUT2D eigenvalue weighted by Crippen LogP contribution is -2.38. The monoisotopic (exact) mass is 355 g/mol. The molecule has 3 aliphatic carbocycles. The van der Waals surface area contributed by atoms with Crippen LogP contribution in [0.1, 0.15) is 18.4 Å². The summed E-state index contributed by atoms with van der Waals surface area (Å²) in [6, 6.07) is 2.70. The van der Waals surface area contributed by atoms with Crippen molar-refractivity contribution in [3.8, 4) is 0 Å². The highest BCUT2D eigenvalue weighted by Crippen LogP contribution is 2.51. The van der Waals surface area contributed by atoms with Gasteiger partial charge in [0.1, 0.15) is 0 Å². The number of rotatable bonds is 1. The Hall–Kier alpha value is -1.82. The molecule has 4 atom stereocenters.